The highest BCUT2D eigenvalue weighted by Crippen LogP contribution is 2.59. The minimum atomic E-state index is -0.780. The van der Waals surface area contributed by atoms with Gasteiger partial charge in [0.15, 0.2) is 11.5 Å². The Labute approximate surface area is 331 Å². The number of ether oxygens (including phenoxy) is 1. The summed E-state index contributed by atoms with van der Waals surface area (Å²) in [5, 5.41) is 17.4. The number of phenolic OH excluding ortho intramolecular Hbond substituents is 1. The van der Waals surface area contributed by atoms with Crippen LogP contribution in [0.2, 0.25) is 0 Å². The molecule has 2 heterocycles. The molecule has 0 bridgehead atoms. The number of halogens is 1. The summed E-state index contributed by atoms with van der Waals surface area (Å²) in [4.78, 5) is 60.4. The smallest absolute Gasteiger partial charge is 0.238 e. The molecule has 5 aromatic carbocycles. The third kappa shape index (κ3) is 5.94. The molecule has 0 unspecified atom stereocenters. The van der Waals surface area contributed by atoms with E-state index in [1.807, 2.05) is 91.0 Å². The maximum atomic E-state index is 14.7. The second-order valence-electron chi connectivity index (χ2n) is 14.7. The molecule has 6 atom stereocenters. The number of nitrogens with zero attached hydrogens (tertiary/aromatic N) is 2. The molecule has 3 N–H and O–H groups in total. The summed E-state index contributed by atoms with van der Waals surface area (Å²) in [6.07, 6.45) is 2.56. The molecule has 10 nitrogen and oxygen atoms in total. The van der Waals surface area contributed by atoms with Gasteiger partial charge >= 0.3 is 0 Å². The molecule has 4 aliphatic rings. The van der Waals surface area contributed by atoms with E-state index in [0.717, 1.165) is 28.3 Å². The Bertz CT molecular complexity index is 2400. The number of amides is 4. The van der Waals surface area contributed by atoms with Crippen LogP contribution in [0.5, 0.6) is 11.5 Å². The number of imide groups is 2. The van der Waals surface area contributed by atoms with Gasteiger partial charge in [0.05, 0.1) is 46.6 Å². The van der Waals surface area contributed by atoms with Crippen molar-refractivity contribution < 1.29 is 29.0 Å². The van der Waals surface area contributed by atoms with Crippen molar-refractivity contribution >= 4 is 73.7 Å². The predicted octanol–water partition coefficient (Wildman–Crippen LogP) is 8.70. The summed E-state index contributed by atoms with van der Waals surface area (Å²) in [5.74, 6) is -5.08. The molecule has 11 heteroatoms. The molecule has 9 rings (SSSR count). The largest absolute Gasteiger partial charge is 0.503 e. The molecule has 0 radical (unpaired) electrons. The Balaban J connectivity index is 1.06. The predicted molar refractivity (Wildman–Crippen MR) is 217 cm³/mol. The van der Waals surface area contributed by atoms with Crippen LogP contribution >= 0.6 is 15.9 Å². The Morgan fingerprint density at radius 1 is 0.625 bits per heavy atom. The molecule has 56 heavy (non-hydrogen) atoms. The number of carbonyl (C=O) groups is 4. The lowest BCUT2D eigenvalue weighted by atomic mass is 9.57. The zero-order valence-corrected chi connectivity index (χ0v) is 31.8. The zero-order valence-electron chi connectivity index (χ0n) is 30.3. The lowest BCUT2D eigenvalue weighted by Crippen LogP contribution is -2.43. The van der Waals surface area contributed by atoms with Crippen LogP contribution in [0.3, 0.4) is 0 Å². The minimum absolute atomic E-state index is 0.0882. The first kappa shape index (κ1) is 35.5. The first-order chi connectivity index (χ1) is 27.2. The van der Waals surface area contributed by atoms with Crippen molar-refractivity contribution in [3.8, 4) is 11.5 Å². The van der Waals surface area contributed by atoms with E-state index in [1.165, 1.54) is 16.9 Å². The molecule has 280 valence electrons. The number of hydrogen-bond acceptors (Lipinski definition) is 8. The van der Waals surface area contributed by atoms with Crippen molar-refractivity contribution in [2.75, 3.05) is 27.5 Å². The number of fused-ring (bicyclic) bond motifs is 4. The molecule has 1 saturated carbocycles. The average molecular weight is 810 g/mol. The van der Waals surface area contributed by atoms with Gasteiger partial charge in [0.2, 0.25) is 23.6 Å². The van der Waals surface area contributed by atoms with E-state index in [-0.39, 0.29) is 41.5 Å². The molecule has 2 saturated heterocycles. The van der Waals surface area contributed by atoms with E-state index >= 15 is 0 Å². The molecule has 0 aromatic heterocycles. The Kier molecular flexibility index (Phi) is 8.96. The first-order valence-corrected chi connectivity index (χ1v) is 19.4. The van der Waals surface area contributed by atoms with Gasteiger partial charge in [-0.1, -0.05) is 48.0 Å². The van der Waals surface area contributed by atoms with Gasteiger partial charge in [-0.3, -0.25) is 29.0 Å². The van der Waals surface area contributed by atoms with Gasteiger partial charge in [0.25, 0.3) is 0 Å². The number of carbonyl (C=O) groups excluding carboxylic acids is 4. The summed E-state index contributed by atoms with van der Waals surface area (Å²) < 4.78 is 5.90. The van der Waals surface area contributed by atoms with Crippen LogP contribution in [0, 0.1) is 29.6 Å². The molecule has 2 aliphatic heterocycles. The second-order valence-corrected chi connectivity index (χ2v) is 15.5. The van der Waals surface area contributed by atoms with Gasteiger partial charge < -0.3 is 20.5 Å². The van der Waals surface area contributed by atoms with Crippen LogP contribution in [0.4, 0.5) is 34.1 Å². The third-order valence-electron chi connectivity index (χ3n) is 11.7. The molecule has 3 fully saturated rings. The fourth-order valence-electron chi connectivity index (χ4n) is 9.17. The van der Waals surface area contributed by atoms with E-state index in [9.17, 15) is 24.3 Å². The number of phenols is 1. The van der Waals surface area contributed by atoms with E-state index in [2.05, 4.69) is 26.6 Å². The fraction of sp³-hybridized carbons (Fsp3) is 0.200. The molecule has 4 amide bonds. The number of allylic oxidation sites excluding steroid dienone is 2. The monoisotopic (exact) mass is 808 g/mol. The van der Waals surface area contributed by atoms with Crippen LogP contribution < -0.4 is 25.2 Å². The topological polar surface area (TPSA) is 128 Å². The number of hydrogen-bond donors (Lipinski definition) is 3. The van der Waals surface area contributed by atoms with Crippen LogP contribution in [0.1, 0.15) is 24.3 Å². The summed E-state index contributed by atoms with van der Waals surface area (Å²) in [6, 6.07) is 37.3. The van der Waals surface area contributed by atoms with E-state index in [0.29, 0.717) is 27.8 Å². The van der Waals surface area contributed by atoms with E-state index in [4.69, 9.17) is 4.74 Å². The number of anilines is 6. The Morgan fingerprint density at radius 3 is 1.66 bits per heavy atom. The number of rotatable bonds is 8. The highest BCUT2D eigenvalue weighted by Gasteiger charge is 2.62. The van der Waals surface area contributed by atoms with Crippen molar-refractivity contribution in [2.45, 2.75) is 18.8 Å². The van der Waals surface area contributed by atoms with Gasteiger partial charge in [-0.25, -0.2) is 0 Å². The van der Waals surface area contributed by atoms with E-state index in [1.54, 1.807) is 36.4 Å². The van der Waals surface area contributed by atoms with Gasteiger partial charge in [0, 0.05) is 28.7 Å². The summed E-state index contributed by atoms with van der Waals surface area (Å²) in [5.41, 5.74) is 5.88. The summed E-state index contributed by atoms with van der Waals surface area (Å²) in [6.45, 7) is 0. The number of methoxy groups -OCH3 is 1. The fourth-order valence-corrected chi connectivity index (χ4v) is 9.63. The SMILES string of the molecule is COc1cc([C@H]2C3=CC[C@@H]4C(=O)N(c5ccc(Nc6ccccc6)cc5)C(=O)[C@@H]4[C@@H]3C[C@H]3C(=O)N(c4ccc(Nc5ccccc5)cc4)C(=O)[C@@H]23)cc(Br)c1O. The van der Waals surface area contributed by atoms with Gasteiger partial charge in [0.1, 0.15) is 0 Å². The van der Waals surface area contributed by atoms with Gasteiger partial charge in [-0.2, -0.15) is 0 Å². The Hall–Kier alpha value is -6.20. The van der Waals surface area contributed by atoms with Crippen LogP contribution in [-0.2, 0) is 19.2 Å². The standard InChI is InChI=1S/C45H37BrN4O6/c1-56-37-23-25(22-36(46)41(37)51)38-32-20-21-33-39(44(54)49(42(33)52)30-16-12-28(13-17-30)47-26-8-4-2-5-9-26)34(32)24-35-40(38)45(55)50(43(35)53)31-18-14-29(15-19-31)48-27-10-6-3-7-11-27/h2-20,22-23,33-35,38-40,47-48,51H,21,24H2,1H3/t33-,34+,35+,38-,39-,40+/m0/s1. The van der Waals surface area contributed by atoms with Gasteiger partial charge in [-0.05, 0) is 125 Å². The quantitative estimate of drug-likeness (QED) is 0.105. The maximum absolute atomic E-state index is 14.7. The second kappa shape index (κ2) is 14.1. The highest BCUT2D eigenvalue weighted by atomic mass is 79.9. The first-order valence-electron chi connectivity index (χ1n) is 18.6. The molecule has 5 aromatic rings. The lowest BCUT2D eigenvalue weighted by Gasteiger charge is -2.44. The molecule has 2 aliphatic carbocycles. The molecular formula is C45H37BrN4O6. The molecular weight excluding hydrogens is 772 g/mol. The Morgan fingerprint density at radius 2 is 1.12 bits per heavy atom. The number of benzene rings is 5. The van der Waals surface area contributed by atoms with Crippen LogP contribution in [0.15, 0.2) is 137 Å². The normalized spacial score (nSPS) is 24.0. The van der Waals surface area contributed by atoms with Crippen molar-refractivity contribution in [3.63, 3.8) is 0 Å². The van der Waals surface area contributed by atoms with Gasteiger partial charge in [-0.15, -0.1) is 0 Å². The molecule has 0 spiro atoms. The average Bonchev–Trinajstić information content (AvgIpc) is 3.63. The summed E-state index contributed by atoms with van der Waals surface area (Å²) >= 11 is 3.46. The summed E-state index contributed by atoms with van der Waals surface area (Å²) in [7, 11) is 1.45. The number of para-hydroxylation sites is 2. The van der Waals surface area contributed by atoms with Crippen molar-refractivity contribution in [3.05, 3.63) is 143 Å². The number of aromatic hydroxyl groups is 1. The van der Waals surface area contributed by atoms with Crippen molar-refractivity contribution in [2.24, 2.45) is 29.6 Å². The van der Waals surface area contributed by atoms with Crippen molar-refractivity contribution in [1.82, 2.24) is 0 Å². The lowest BCUT2D eigenvalue weighted by molar-refractivity contribution is -0.126. The maximum Gasteiger partial charge on any atom is 0.238 e. The van der Waals surface area contributed by atoms with Crippen molar-refractivity contribution in [1.29, 1.82) is 0 Å². The van der Waals surface area contributed by atoms with E-state index < -0.39 is 35.5 Å². The van der Waals surface area contributed by atoms with Crippen LogP contribution in [-0.4, -0.2) is 35.8 Å². The minimum Gasteiger partial charge on any atom is -0.503 e. The zero-order chi connectivity index (χ0) is 38.7. The van der Waals surface area contributed by atoms with Crippen LogP contribution in [0.25, 0.3) is 0 Å². The third-order valence-corrected chi connectivity index (χ3v) is 12.3. The number of nitrogens with one attached hydrogen (secondary N) is 2. The highest BCUT2D eigenvalue weighted by molar-refractivity contribution is 9.10.